The predicted molar refractivity (Wildman–Crippen MR) is 102 cm³/mol. The average molecular weight is 376 g/mol. The molecule has 140 valence electrons. The van der Waals surface area contributed by atoms with Crippen molar-refractivity contribution in [2.75, 3.05) is 24.6 Å². The summed E-state index contributed by atoms with van der Waals surface area (Å²) < 4.78 is 32.4. The third-order valence-corrected chi connectivity index (χ3v) is 5.21. The topological polar surface area (TPSA) is 75.7 Å². The molecule has 26 heavy (non-hydrogen) atoms. The molecule has 0 saturated carbocycles. The Labute approximate surface area is 154 Å². The molecule has 0 aliphatic rings. The highest BCUT2D eigenvalue weighted by atomic mass is 32.2. The number of carbonyl (C=O) groups excluding carboxylic acids is 1. The highest BCUT2D eigenvalue weighted by Crippen LogP contribution is 2.17. The Morgan fingerprint density at radius 1 is 1.12 bits per heavy atom. The molecular weight excluding hydrogens is 352 g/mol. The van der Waals surface area contributed by atoms with Gasteiger partial charge in [-0.15, -0.1) is 0 Å². The quantitative estimate of drug-likeness (QED) is 0.769. The zero-order valence-electron chi connectivity index (χ0n) is 15.2. The molecule has 0 spiro atoms. The second kappa shape index (κ2) is 8.82. The number of hydrogen-bond donors (Lipinski definition) is 1. The summed E-state index contributed by atoms with van der Waals surface area (Å²) in [5.41, 5.74) is 1.78. The molecule has 2 rings (SSSR count). The van der Waals surface area contributed by atoms with Crippen molar-refractivity contribution < 1.29 is 17.9 Å². The molecule has 2 aromatic carbocycles. The second-order valence-electron chi connectivity index (χ2n) is 5.71. The fourth-order valence-corrected chi connectivity index (χ4v) is 3.49. The van der Waals surface area contributed by atoms with Gasteiger partial charge < -0.3 is 9.64 Å². The van der Waals surface area contributed by atoms with Gasteiger partial charge >= 0.3 is 0 Å². The van der Waals surface area contributed by atoms with Gasteiger partial charge in [-0.25, -0.2) is 13.1 Å². The van der Waals surface area contributed by atoms with Crippen LogP contribution in [0.3, 0.4) is 0 Å². The molecule has 2 aromatic rings. The van der Waals surface area contributed by atoms with Crippen LogP contribution in [0.15, 0.2) is 53.4 Å². The number of likely N-dealkylation sites (N-methyl/N-ethyl adjacent to an activating group) is 1. The van der Waals surface area contributed by atoms with Gasteiger partial charge in [0.15, 0.2) is 0 Å². The minimum Gasteiger partial charge on any atom is -0.494 e. The van der Waals surface area contributed by atoms with Crippen molar-refractivity contribution >= 4 is 21.6 Å². The van der Waals surface area contributed by atoms with E-state index in [0.717, 1.165) is 11.3 Å². The molecule has 0 saturated heterocycles. The van der Waals surface area contributed by atoms with E-state index in [-0.39, 0.29) is 17.3 Å². The standard InChI is InChI=1S/C19H24N2O4S/c1-4-21(16-8-6-7-15(3)13-16)19(22)14-20-26(23,24)18-11-9-17(10-12-18)25-5-2/h6-13,20H,4-5,14H2,1-3H3. The van der Waals surface area contributed by atoms with Crippen LogP contribution in [-0.4, -0.2) is 34.0 Å². The van der Waals surface area contributed by atoms with E-state index in [4.69, 9.17) is 4.74 Å². The number of carbonyl (C=O) groups is 1. The minimum absolute atomic E-state index is 0.0901. The summed E-state index contributed by atoms with van der Waals surface area (Å²) in [5.74, 6) is 0.284. The van der Waals surface area contributed by atoms with Crippen LogP contribution in [0.25, 0.3) is 0 Å². The summed E-state index contributed by atoms with van der Waals surface area (Å²) in [6.07, 6.45) is 0. The number of nitrogens with one attached hydrogen (secondary N) is 1. The lowest BCUT2D eigenvalue weighted by Crippen LogP contribution is -2.40. The Kier molecular flexibility index (Phi) is 6.76. The predicted octanol–water partition coefficient (Wildman–Crippen LogP) is 2.73. The number of nitrogens with zero attached hydrogens (tertiary/aromatic N) is 1. The summed E-state index contributed by atoms with van der Waals surface area (Å²) in [6.45, 7) is 6.29. The molecule has 0 radical (unpaired) electrons. The molecule has 0 bridgehead atoms. The van der Waals surface area contributed by atoms with E-state index in [9.17, 15) is 13.2 Å². The first-order chi connectivity index (χ1) is 12.4. The number of rotatable bonds is 8. The van der Waals surface area contributed by atoms with Crippen LogP contribution in [-0.2, 0) is 14.8 Å². The lowest BCUT2D eigenvalue weighted by atomic mass is 10.2. The van der Waals surface area contributed by atoms with Crippen molar-refractivity contribution in [3.05, 3.63) is 54.1 Å². The molecular formula is C19H24N2O4S. The van der Waals surface area contributed by atoms with Crippen LogP contribution in [0, 0.1) is 6.92 Å². The van der Waals surface area contributed by atoms with Crippen LogP contribution < -0.4 is 14.4 Å². The van der Waals surface area contributed by atoms with Crippen LogP contribution in [0.1, 0.15) is 19.4 Å². The zero-order valence-corrected chi connectivity index (χ0v) is 16.0. The maximum absolute atomic E-state index is 12.5. The van der Waals surface area contributed by atoms with Crippen molar-refractivity contribution in [2.45, 2.75) is 25.7 Å². The Bertz CT molecular complexity index is 848. The van der Waals surface area contributed by atoms with Gasteiger partial charge in [-0.1, -0.05) is 12.1 Å². The number of amides is 1. The summed E-state index contributed by atoms with van der Waals surface area (Å²) in [4.78, 5) is 14.1. The highest BCUT2D eigenvalue weighted by Gasteiger charge is 2.19. The molecule has 1 N–H and O–H groups in total. The summed E-state index contributed by atoms with van der Waals surface area (Å²) >= 11 is 0. The van der Waals surface area contributed by atoms with E-state index < -0.39 is 10.0 Å². The lowest BCUT2D eigenvalue weighted by molar-refractivity contribution is -0.117. The molecule has 0 unspecified atom stereocenters. The van der Waals surface area contributed by atoms with E-state index >= 15 is 0 Å². The van der Waals surface area contributed by atoms with Gasteiger partial charge in [0.1, 0.15) is 5.75 Å². The molecule has 0 aliphatic carbocycles. The van der Waals surface area contributed by atoms with Gasteiger partial charge in [0.2, 0.25) is 15.9 Å². The number of aryl methyl sites for hydroxylation is 1. The summed E-state index contributed by atoms with van der Waals surface area (Å²) in [6, 6.07) is 13.6. The highest BCUT2D eigenvalue weighted by molar-refractivity contribution is 7.89. The first kappa shape index (κ1) is 19.9. The normalized spacial score (nSPS) is 11.2. The third kappa shape index (κ3) is 5.06. The maximum Gasteiger partial charge on any atom is 0.242 e. The average Bonchev–Trinajstić information content (AvgIpc) is 2.62. The van der Waals surface area contributed by atoms with Crippen molar-refractivity contribution in [3.63, 3.8) is 0 Å². The van der Waals surface area contributed by atoms with Crippen LogP contribution in [0.5, 0.6) is 5.75 Å². The molecule has 7 heteroatoms. The lowest BCUT2D eigenvalue weighted by Gasteiger charge is -2.21. The van der Waals surface area contributed by atoms with Gasteiger partial charge in [0.05, 0.1) is 18.0 Å². The van der Waals surface area contributed by atoms with Gasteiger partial charge in [-0.2, -0.15) is 0 Å². The number of hydrogen-bond acceptors (Lipinski definition) is 4. The molecule has 0 heterocycles. The second-order valence-corrected chi connectivity index (χ2v) is 7.47. The van der Waals surface area contributed by atoms with Crippen molar-refractivity contribution in [1.82, 2.24) is 4.72 Å². The largest absolute Gasteiger partial charge is 0.494 e. The Hall–Kier alpha value is -2.38. The molecule has 1 amide bonds. The van der Waals surface area contributed by atoms with Gasteiger partial charge in [-0.3, -0.25) is 4.79 Å². The molecule has 0 aliphatic heterocycles. The third-order valence-electron chi connectivity index (χ3n) is 3.79. The monoisotopic (exact) mass is 376 g/mol. The van der Waals surface area contributed by atoms with Gasteiger partial charge in [0, 0.05) is 12.2 Å². The summed E-state index contributed by atoms with van der Waals surface area (Å²) in [7, 11) is -3.77. The van der Waals surface area contributed by atoms with Crippen molar-refractivity contribution in [1.29, 1.82) is 0 Å². The summed E-state index contributed by atoms with van der Waals surface area (Å²) in [5, 5.41) is 0. The number of sulfonamides is 1. The zero-order chi connectivity index (χ0) is 19.2. The number of ether oxygens (including phenoxy) is 1. The SMILES string of the molecule is CCOc1ccc(S(=O)(=O)NCC(=O)N(CC)c2cccc(C)c2)cc1. The Morgan fingerprint density at radius 2 is 1.81 bits per heavy atom. The van der Waals surface area contributed by atoms with E-state index in [2.05, 4.69) is 4.72 Å². The Balaban J connectivity index is 2.06. The molecule has 0 atom stereocenters. The fraction of sp³-hybridized carbons (Fsp3) is 0.316. The van der Waals surface area contributed by atoms with E-state index in [1.165, 1.54) is 12.1 Å². The minimum atomic E-state index is -3.77. The maximum atomic E-state index is 12.5. The molecule has 0 aromatic heterocycles. The van der Waals surface area contributed by atoms with E-state index in [0.29, 0.717) is 18.9 Å². The van der Waals surface area contributed by atoms with E-state index in [1.54, 1.807) is 17.0 Å². The van der Waals surface area contributed by atoms with Crippen LogP contribution in [0.2, 0.25) is 0 Å². The van der Waals surface area contributed by atoms with Crippen LogP contribution in [0.4, 0.5) is 5.69 Å². The van der Waals surface area contributed by atoms with Crippen molar-refractivity contribution in [2.24, 2.45) is 0 Å². The molecule has 0 fully saturated rings. The van der Waals surface area contributed by atoms with Gasteiger partial charge in [-0.05, 0) is 62.7 Å². The first-order valence-corrected chi connectivity index (χ1v) is 9.95. The Morgan fingerprint density at radius 3 is 2.38 bits per heavy atom. The number of benzene rings is 2. The fourth-order valence-electron chi connectivity index (χ4n) is 2.52. The van der Waals surface area contributed by atoms with Gasteiger partial charge in [0.25, 0.3) is 0 Å². The first-order valence-electron chi connectivity index (χ1n) is 8.47. The van der Waals surface area contributed by atoms with Crippen molar-refractivity contribution in [3.8, 4) is 5.75 Å². The number of anilines is 1. The van der Waals surface area contributed by atoms with Crippen LogP contribution >= 0.6 is 0 Å². The van der Waals surface area contributed by atoms with E-state index in [1.807, 2.05) is 45.0 Å². The smallest absolute Gasteiger partial charge is 0.242 e. The molecule has 6 nitrogen and oxygen atoms in total.